The topological polar surface area (TPSA) is 69.6 Å². The van der Waals surface area contributed by atoms with Crippen molar-refractivity contribution in [1.82, 2.24) is 10.4 Å². The van der Waals surface area contributed by atoms with Gasteiger partial charge < -0.3 is 4.90 Å². The SMILES string of the molecule is CN(Cc1cccc(C(F)(F)F)c1)C(=O)c1ccccc1C(=CC=O)NO. The highest BCUT2D eigenvalue weighted by Gasteiger charge is 2.30. The second-order valence-electron chi connectivity index (χ2n) is 5.73. The normalized spacial score (nSPS) is 11.8. The van der Waals surface area contributed by atoms with Gasteiger partial charge in [0.2, 0.25) is 0 Å². The predicted octanol–water partition coefficient (Wildman–Crippen LogP) is 3.50. The highest BCUT2D eigenvalue weighted by atomic mass is 19.4. The van der Waals surface area contributed by atoms with Crippen molar-refractivity contribution in [2.75, 3.05) is 7.05 Å². The minimum atomic E-state index is -4.47. The van der Waals surface area contributed by atoms with Gasteiger partial charge in [-0.15, -0.1) is 0 Å². The molecule has 0 saturated heterocycles. The van der Waals surface area contributed by atoms with Crippen LogP contribution in [0.5, 0.6) is 0 Å². The first-order valence-electron chi connectivity index (χ1n) is 7.84. The van der Waals surface area contributed by atoms with Crippen LogP contribution in [0.1, 0.15) is 27.0 Å². The van der Waals surface area contributed by atoms with E-state index in [1.54, 1.807) is 12.1 Å². The lowest BCUT2D eigenvalue weighted by molar-refractivity contribution is -0.137. The van der Waals surface area contributed by atoms with Gasteiger partial charge in [-0.2, -0.15) is 13.2 Å². The van der Waals surface area contributed by atoms with Crippen LogP contribution in [0.15, 0.2) is 54.6 Å². The van der Waals surface area contributed by atoms with Crippen molar-refractivity contribution in [2.45, 2.75) is 12.7 Å². The zero-order chi connectivity index (χ0) is 20.0. The number of rotatable bonds is 6. The van der Waals surface area contributed by atoms with Crippen molar-refractivity contribution in [3.05, 3.63) is 76.9 Å². The van der Waals surface area contributed by atoms with Gasteiger partial charge in [-0.25, -0.2) is 0 Å². The number of carbonyl (C=O) groups excluding carboxylic acids is 2. The zero-order valence-corrected chi connectivity index (χ0v) is 14.3. The molecule has 1 amide bonds. The molecule has 0 fully saturated rings. The first-order chi connectivity index (χ1) is 12.8. The third-order valence-electron chi connectivity index (χ3n) is 3.82. The number of aldehydes is 1. The van der Waals surface area contributed by atoms with Gasteiger partial charge in [-0.3, -0.25) is 20.3 Å². The Balaban J connectivity index is 2.29. The minimum Gasteiger partial charge on any atom is -0.337 e. The Hall–Kier alpha value is -3.13. The molecule has 0 atom stereocenters. The molecular formula is C19H17F3N2O3. The third kappa shape index (κ3) is 4.95. The van der Waals surface area contributed by atoms with Crippen LogP contribution in [0.2, 0.25) is 0 Å². The molecule has 8 heteroatoms. The number of alkyl halides is 3. The van der Waals surface area contributed by atoms with E-state index < -0.39 is 17.6 Å². The molecule has 0 spiro atoms. The van der Waals surface area contributed by atoms with E-state index in [1.165, 1.54) is 36.2 Å². The lowest BCUT2D eigenvalue weighted by Gasteiger charge is -2.20. The number of carbonyl (C=O) groups is 2. The predicted molar refractivity (Wildman–Crippen MR) is 92.6 cm³/mol. The molecule has 0 aliphatic rings. The van der Waals surface area contributed by atoms with Crippen LogP contribution in [0.25, 0.3) is 5.70 Å². The van der Waals surface area contributed by atoms with E-state index in [-0.39, 0.29) is 23.4 Å². The maximum Gasteiger partial charge on any atom is 0.416 e. The third-order valence-corrected chi connectivity index (χ3v) is 3.82. The van der Waals surface area contributed by atoms with Gasteiger partial charge in [-0.05, 0) is 23.8 Å². The molecule has 2 rings (SSSR count). The molecule has 2 aromatic rings. The Bertz CT molecular complexity index is 863. The van der Waals surface area contributed by atoms with Crippen molar-refractivity contribution in [3.63, 3.8) is 0 Å². The number of hydroxylamine groups is 1. The standard InChI is InChI=1S/C19H17F3N2O3/c1-24(12-13-5-4-6-14(11-13)19(20,21)22)18(26)16-8-3-2-7-15(16)17(23-27)9-10-25/h2-11,23,27H,12H2,1H3. The maximum atomic E-state index is 12.8. The Labute approximate surface area is 153 Å². The van der Waals surface area contributed by atoms with Crippen LogP contribution >= 0.6 is 0 Å². The minimum absolute atomic E-state index is 0.0291. The number of hydrogen-bond acceptors (Lipinski definition) is 4. The van der Waals surface area contributed by atoms with Crippen LogP contribution in [0.4, 0.5) is 13.2 Å². The lowest BCUT2D eigenvalue weighted by Crippen LogP contribution is -2.27. The van der Waals surface area contributed by atoms with E-state index in [0.717, 1.165) is 18.2 Å². The van der Waals surface area contributed by atoms with Gasteiger partial charge >= 0.3 is 6.18 Å². The first kappa shape index (κ1) is 20.2. The number of allylic oxidation sites excluding steroid dienone is 1. The van der Waals surface area contributed by atoms with E-state index in [9.17, 15) is 28.0 Å². The van der Waals surface area contributed by atoms with Crippen LogP contribution < -0.4 is 5.48 Å². The highest BCUT2D eigenvalue weighted by Crippen LogP contribution is 2.30. The van der Waals surface area contributed by atoms with Gasteiger partial charge in [0.25, 0.3) is 5.91 Å². The summed E-state index contributed by atoms with van der Waals surface area (Å²) in [5, 5.41) is 9.19. The summed E-state index contributed by atoms with van der Waals surface area (Å²) in [4.78, 5) is 24.7. The molecule has 0 aliphatic heterocycles. The summed E-state index contributed by atoms with van der Waals surface area (Å²) in [6.45, 7) is -0.0453. The molecule has 0 unspecified atom stereocenters. The number of hydrogen-bond donors (Lipinski definition) is 2. The van der Waals surface area contributed by atoms with Crippen molar-refractivity contribution in [3.8, 4) is 0 Å². The van der Waals surface area contributed by atoms with Crippen molar-refractivity contribution < 1.29 is 28.0 Å². The molecule has 0 bridgehead atoms. The van der Waals surface area contributed by atoms with E-state index >= 15 is 0 Å². The molecule has 2 N–H and O–H groups in total. The van der Waals surface area contributed by atoms with Gasteiger partial charge in [-0.1, -0.05) is 30.3 Å². The fourth-order valence-electron chi connectivity index (χ4n) is 2.56. The van der Waals surface area contributed by atoms with Crippen LogP contribution in [-0.4, -0.2) is 29.3 Å². The summed E-state index contributed by atoms with van der Waals surface area (Å²) in [5.41, 5.74) is 1.89. The number of halogens is 3. The summed E-state index contributed by atoms with van der Waals surface area (Å²) in [5.74, 6) is -0.477. The fraction of sp³-hybridized carbons (Fsp3) is 0.158. The van der Waals surface area contributed by atoms with E-state index in [2.05, 4.69) is 0 Å². The van der Waals surface area contributed by atoms with E-state index in [1.807, 2.05) is 5.48 Å². The van der Waals surface area contributed by atoms with Crippen molar-refractivity contribution >= 4 is 17.9 Å². The second kappa shape index (κ2) is 8.50. The van der Waals surface area contributed by atoms with Crippen LogP contribution in [0, 0.1) is 0 Å². The average Bonchev–Trinajstić information content (AvgIpc) is 2.65. The largest absolute Gasteiger partial charge is 0.416 e. The van der Waals surface area contributed by atoms with Crippen molar-refractivity contribution in [1.29, 1.82) is 0 Å². The number of benzene rings is 2. The smallest absolute Gasteiger partial charge is 0.337 e. The number of nitrogens with one attached hydrogen (secondary N) is 1. The quantitative estimate of drug-likeness (QED) is 0.459. The molecule has 27 heavy (non-hydrogen) atoms. The molecule has 0 aliphatic carbocycles. The lowest BCUT2D eigenvalue weighted by atomic mass is 10.0. The number of amides is 1. The van der Waals surface area contributed by atoms with Gasteiger partial charge in [0.1, 0.15) is 6.29 Å². The number of nitrogens with zero attached hydrogens (tertiary/aromatic N) is 1. The van der Waals surface area contributed by atoms with Crippen LogP contribution in [0.3, 0.4) is 0 Å². The molecule has 142 valence electrons. The molecule has 2 aromatic carbocycles. The van der Waals surface area contributed by atoms with E-state index in [4.69, 9.17) is 0 Å². The Morgan fingerprint density at radius 3 is 2.41 bits per heavy atom. The summed E-state index contributed by atoms with van der Waals surface area (Å²) < 4.78 is 38.5. The second-order valence-corrected chi connectivity index (χ2v) is 5.73. The van der Waals surface area contributed by atoms with Gasteiger partial charge in [0.05, 0.1) is 11.3 Å². The summed E-state index contributed by atoms with van der Waals surface area (Å²) >= 11 is 0. The van der Waals surface area contributed by atoms with Gasteiger partial charge in [0.15, 0.2) is 0 Å². The first-order valence-corrected chi connectivity index (χ1v) is 7.84. The van der Waals surface area contributed by atoms with E-state index in [0.29, 0.717) is 11.8 Å². The summed E-state index contributed by atoms with van der Waals surface area (Å²) in [6.07, 6.45) is -2.96. The fourth-order valence-corrected chi connectivity index (χ4v) is 2.56. The maximum absolute atomic E-state index is 12.8. The average molecular weight is 378 g/mol. The highest BCUT2D eigenvalue weighted by molar-refractivity contribution is 5.99. The molecule has 0 heterocycles. The zero-order valence-electron chi connectivity index (χ0n) is 14.3. The summed E-state index contributed by atoms with van der Waals surface area (Å²) in [6, 6.07) is 11.0. The Morgan fingerprint density at radius 1 is 1.15 bits per heavy atom. The van der Waals surface area contributed by atoms with Crippen LogP contribution in [-0.2, 0) is 17.5 Å². The van der Waals surface area contributed by atoms with Crippen molar-refractivity contribution in [2.24, 2.45) is 0 Å². The Morgan fingerprint density at radius 2 is 1.81 bits per heavy atom. The molecule has 5 nitrogen and oxygen atoms in total. The summed E-state index contributed by atoms with van der Waals surface area (Å²) in [7, 11) is 1.45. The van der Waals surface area contributed by atoms with Gasteiger partial charge in [0, 0.05) is 30.8 Å². The molecular weight excluding hydrogens is 361 g/mol. The monoisotopic (exact) mass is 378 g/mol. The Kier molecular flexibility index (Phi) is 6.36. The molecule has 0 aromatic heterocycles. The molecule has 0 radical (unpaired) electrons. The molecule has 0 saturated carbocycles.